The van der Waals surface area contributed by atoms with E-state index in [0.29, 0.717) is 32.5 Å². The summed E-state index contributed by atoms with van der Waals surface area (Å²) in [6, 6.07) is 12.1. The number of ether oxygens (including phenoxy) is 1. The number of likely N-dealkylation sites (tertiary alicyclic amines) is 1. The van der Waals surface area contributed by atoms with Crippen molar-refractivity contribution in [2.24, 2.45) is 5.41 Å². The van der Waals surface area contributed by atoms with E-state index in [1.807, 2.05) is 35.4 Å². The van der Waals surface area contributed by atoms with Crippen molar-refractivity contribution in [3.63, 3.8) is 0 Å². The fourth-order valence-corrected chi connectivity index (χ4v) is 4.40. The summed E-state index contributed by atoms with van der Waals surface area (Å²) in [6.45, 7) is 1.52. The summed E-state index contributed by atoms with van der Waals surface area (Å²) in [5, 5.41) is 0. The molecule has 2 aromatic rings. The van der Waals surface area contributed by atoms with E-state index < -0.39 is 5.41 Å². The first-order chi connectivity index (χ1) is 14.5. The standard InChI is InChI=1S/C24H31N3O3/c1-26(2)23(29)24(12-7-14-27(18-24)22(28)11-15-30-3)16-19-8-4-5-10-21(19)20-9-6-13-25-17-20/h4-6,8-10,13,17H,7,11-12,14-16,18H2,1-3H3. The van der Waals surface area contributed by atoms with Gasteiger partial charge in [0, 0.05) is 52.3 Å². The zero-order chi connectivity index (χ0) is 21.6. The Kier molecular flexibility index (Phi) is 7.21. The number of carbonyl (C=O) groups is 2. The Morgan fingerprint density at radius 2 is 2.00 bits per heavy atom. The second kappa shape index (κ2) is 9.85. The number of pyridine rings is 1. The molecule has 1 aromatic heterocycles. The smallest absolute Gasteiger partial charge is 0.230 e. The highest BCUT2D eigenvalue weighted by molar-refractivity contribution is 5.85. The molecule has 6 heteroatoms. The molecule has 3 rings (SSSR count). The maximum Gasteiger partial charge on any atom is 0.230 e. The molecule has 0 saturated carbocycles. The largest absolute Gasteiger partial charge is 0.384 e. The monoisotopic (exact) mass is 409 g/mol. The van der Waals surface area contributed by atoms with E-state index >= 15 is 0 Å². The Morgan fingerprint density at radius 3 is 2.70 bits per heavy atom. The number of hydrogen-bond acceptors (Lipinski definition) is 4. The molecular weight excluding hydrogens is 378 g/mol. The number of nitrogens with zero attached hydrogens (tertiary/aromatic N) is 3. The van der Waals surface area contributed by atoms with Crippen LogP contribution in [0.3, 0.4) is 0 Å². The number of hydrogen-bond donors (Lipinski definition) is 0. The number of amides is 2. The van der Waals surface area contributed by atoms with E-state index in [9.17, 15) is 9.59 Å². The molecule has 6 nitrogen and oxygen atoms in total. The van der Waals surface area contributed by atoms with E-state index in [2.05, 4.69) is 17.1 Å². The fraction of sp³-hybridized carbons (Fsp3) is 0.458. The van der Waals surface area contributed by atoms with Crippen molar-refractivity contribution < 1.29 is 14.3 Å². The van der Waals surface area contributed by atoms with Gasteiger partial charge in [0.25, 0.3) is 0 Å². The molecule has 0 N–H and O–H groups in total. The van der Waals surface area contributed by atoms with Crippen LogP contribution in [0.4, 0.5) is 0 Å². The first-order valence-corrected chi connectivity index (χ1v) is 10.4. The molecule has 2 heterocycles. The lowest BCUT2D eigenvalue weighted by atomic mass is 9.73. The molecule has 1 fully saturated rings. The first-order valence-electron chi connectivity index (χ1n) is 10.4. The minimum atomic E-state index is -0.636. The third kappa shape index (κ3) is 4.87. The highest BCUT2D eigenvalue weighted by Crippen LogP contribution is 2.38. The number of benzene rings is 1. The third-order valence-electron chi connectivity index (χ3n) is 5.83. The molecule has 30 heavy (non-hydrogen) atoms. The number of aromatic nitrogens is 1. The van der Waals surface area contributed by atoms with E-state index in [4.69, 9.17) is 4.74 Å². The Labute approximate surface area is 178 Å². The van der Waals surface area contributed by atoms with E-state index in [0.717, 1.165) is 29.5 Å². The van der Waals surface area contributed by atoms with Gasteiger partial charge in [0.05, 0.1) is 18.4 Å². The number of methoxy groups -OCH3 is 1. The minimum absolute atomic E-state index is 0.0491. The summed E-state index contributed by atoms with van der Waals surface area (Å²) in [5.74, 6) is 0.126. The van der Waals surface area contributed by atoms with E-state index in [1.165, 1.54) is 0 Å². The molecule has 1 saturated heterocycles. The molecule has 1 unspecified atom stereocenters. The Hall–Kier alpha value is -2.73. The maximum absolute atomic E-state index is 13.4. The summed E-state index contributed by atoms with van der Waals surface area (Å²) in [6.07, 6.45) is 6.11. The lowest BCUT2D eigenvalue weighted by Gasteiger charge is -2.43. The lowest BCUT2D eigenvalue weighted by Crippen LogP contribution is -2.54. The van der Waals surface area contributed by atoms with Gasteiger partial charge < -0.3 is 14.5 Å². The van der Waals surface area contributed by atoms with Crippen molar-refractivity contribution in [2.75, 3.05) is 40.9 Å². The molecule has 1 atom stereocenters. The van der Waals surface area contributed by atoms with Crippen LogP contribution in [-0.2, 0) is 20.7 Å². The van der Waals surface area contributed by atoms with Crippen LogP contribution in [0.2, 0.25) is 0 Å². The van der Waals surface area contributed by atoms with Gasteiger partial charge >= 0.3 is 0 Å². The Morgan fingerprint density at radius 1 is 1.20 bits per heavy atom. The summed E-state index contributed by atoms with van der Waals surface area (Å²) in [4.78, 5) is 33.9. The second-order valence-corrected chi connectivity index (χ2v) is 8.22. The zero-order valence-corrected chi connectivity index (χ0v) is 18.1. The highest BCUT2D eigenvalue weighted by atomic mass is 16.5. The van der Waals surface area contributed by atoms with Crippen molar-refractivity contribution in [2.45, 2.75) is 25.7 Å². The molecular formula is C24H31N3O3. The van der Waals surface area contributed by atoms with E-state index in [1.54, 1.807) is 32.3 Å². The average Bonchev–Trinajstić information content (AvgIpc) is 2.78. The Balaban J connectivity index is 1.94. The van der Waals surface area contributed by atoms with Crippen molar-refractivity contribution in [3.05, 3.63) is 54.4 Å². The molecule has 0 spiro atoms. The topological polar surface area (TPSA) is 62.7 Å². The first kappa shape index (κ1) is 22.0. The number of carbonyl (C=O) groups excluding carboxylic acids is 2. The molecule has 160 valence electrons. The van der Waals surface area contributed by atoms with Crippen LogP contribution in [0.25, 0.3) is 11.1 Å². The molecule has 0 bridgehead atoms. The molecule has 0 aliphatic carbocycles. The van der Waals surface area contributed by atoms with Gasteiger partial charge in [-0.25, -0.2) is 0 Å². The number of rotatable bonds is 7. The summed E-state index contributed by atoms with van der Waals surface area (Å²) in [5.41, 5.74) is 2.58. The third-order valence-corrected chi connectivity index (χ3v) is 5.83. The summed E-state index contributed by atoms with van der Waals surface area (Å²) in [7, 11) is 5.18. The minimum Gasteiger partial charge on any atom is -0.384 e. The van der Waals surface area contributed by atoms with Gasteiger partial charge in [-0.2, -0.15) is 0 Å². The molecule has 0 radical (unpaired) electrons. The average molecular weight is 410 g/mol. The number of piperidine rings is 1. The van der Waals surface area contributed by atoms with Gasteiger partial charge in [0.1, 0.15) is 0 Å². The molecule has 1 aromatic carbocycles. The summed E-state index contributed by atoms with van der Waals surface area (Å²) >= 11 is 0. The van der Waals surface area contributed by atoms with Gasteiger partial charge in [0.15, 0.2) is 0 Å². The molecule has 2 amide bonds. The SMILES string of the molecule is COCCC(=O)N1CCCC(Cc2ccccc2-c2cccnc2)(C(=O)N(C)C)C1. The van der Waals surface area contributed by atoms with Crippen LogP contribution >= 0.6 is 0 Å². The van der Waals surface area contributed by atoms with Gasteiger partial charge in [-0.15, -0.1) is 0 Å². The van der Waals surface area contributed by atoms with Crippen LogP contribution < -0.4 is 0 Å². The normalized spacial score (nSPS) is 18.8. The fourth-order valence-electron chi connectivity index (χ4n) is 4.40. The zero-order valence-electron chi connectivity index (χ0n) is 18.1. The van der Waals surface area contributed by atoms with Gasteiger partial charge in [-0.3, -0.25) is 14.6 Å². The van der Waals surface area contributed by atoms with Gasteiger partial charge in [-0.05, 0) is 36.5 Å². The van der Waals surface area contributed by atoms with Gasteiger partial charge in [0.2, 0.25) is 11.8 Å². The van der Waals surface area contributed by atoms with Crippen LogP contribution in [-0.4, -0.2) is 67.5 Å². The lowest BCUT2D eigenvalue weighted by molar-refractivity contribution is -0.147. The van der Waals surface area contributed by atoms with Gasteiger partial charge in [-0.1, -0.05) is 30.3 Å². The van der Waals surface area contributed by atoms with Crippen LogP contribution in [0, 0.1) is 5.41 Å². The van der Waals surface area contributed by atoms with E-state index in [-0.39, 0.29) is 11.8 Å². The predicted octanol–water partition coefficient (Wildman–Crippen LogP) is 3.02. The van der Waals surface area contributed by atoms with Crippen LogP contribution in [0.15, 0.2) is 48.8 Å². The quantitative estimate of drug-likeness (QED) is 0.705. The van der Waals surface area contributed by atoms with Crippen molar-refractivity contribution >= 4 is 11.8 Å². The van der Waals surface area contributed by atoms with Crippen molar-refractivity contribution in [1.29, 1.82) is 0 Å². The van der Waals surface area contributed by atoms with Crippen LogP contribution in [0.5, 0.6) is 0 Å². The highest BCUT2D eigenvalue weighted by Gasteiger charge is 2.44. The van der Waals surface area contributed by atoms with Crippen molar-refractivity contribution in [1.82, 2.24) is 14.8 Å². The molecule has 1 aliphatic rings. The van der Waals surface area contributed by atoms with Crippen LogP contribution in [0.1, 0.15) is 24.8 Å². The second-order valence-electron chi connectivity index (χ2n) is 8.22. The molecule has 1 aliphatic heterocycles. The summed E-state index contributed by atoms with van der Waals surface area (Å²) < 4.78 is 5.07. The maximum atomic E-state index is 13.4. The van der Waals surface area contributed by atoms with Crippen molar-refractivity contribution in [3.8, 4) is 11.1 Å². The predicted molar refractivity (Wildman–Crippen MR) is 117 cm³/mol. The Bertz CT molecular complexity index is 869.